The maximum Gasteiger partial charge on any atom is 0.322 e. The first-order valence-electron chi connectivity index (χ1n) is 9.11. The predicted octanol–water partition coefficient (Wildman–Crippen LogP) is 6.25. The van der Waals surface area contributed by atoms with Crippen molar-refractivity contribution in [2.24, 2.45) is 4.99 Å². The van der Waals surface area contributed by atoms with E-state index in [4.69, 9.17) is 21.6 Å². The van der Waals surface area contributed by atoms with Gasteiger partial charge in [0.2, 0.25) is 0 Å². The summed E-state index contributed by atoms with van der Waals surface area (Å²) in [5, 5.41) is 11.7. The molecule has 31 heavy (non-hydrogen) atoms. The summed E-state index contributed by atoms with van der Waals surface area (Å²) in [6, 6.07) is 10.2. The van der Waals surface area contributed by atoms with Crippen molar-refractivity contribution in [3.63, 3.8) is 0 Å². The van der Waals surface area contributed by atoms with Crippen molar-refractivity contribution in [1.82, 2.24) is 9.62 Å². The summed E-state index contributed by atoms with van der Waals surface area (Å²) >= 11 is 10.4. The van der Waals surface area contributed by atoms with E-state index in [2.05, 4.69) is 14.6 Å². The van der Waals surface area contributed by atoms with Crippen LogP contribution in [-0.4, -0.2) is 42.0 Å². The summed E-state index contributed by atoms with van der Waals surface area (Å²) in [6.45, 7) is 3.08. The molecule has 1 N–H and O–H groups in total. The third-order valence-corrected chi connectivity index (χ3v) is 6.88. The van der Waals surface area contributed by atoms with Gasteiger partial charge in [-0.1, -0.05) is 35.5 Å². The molecule has 0 saturated carbocycles. The number of morpholine rings is 1. The largest absolute Gasteiger partial charge is 0.379 e. The minimum atomic E-state index is -3.16. The Labute approximate surface area is 206 Å². The molecule has 2 aromatic rings. The average molecular weight is 595 g/mol. The molecule has 164 valence electrons. The third kappa shape index (κ3) is 6.69. The highest BCUT2D eigenvalue weighted by atomic mass is 127. The highest BCUT2D eigenvalue weighted by molar-refractivity contribution is 14.1. The van der Waals surface area contributed by atoms with Crippen LogP contribution < -0.4 is 5.32 Å². The lowest BCUT2D eigenvalue weighted by Gasteiger charge is -2.25. The van der Waals surface area contributed by atoms with E-state index in [0.29, 0.717) is 23.9 Å². The second-order valence-electron chi connectivity index (χ2n) is 6.36. The Balaban J connectivity index is 1.95. The van der Waals surface area contributed by atoms with Crippen LogP contribution in [-0.2, 0) is 8.67 Å². The van der Waals surface area contributed by atoms with Crippen molar-refractivity contribution in [3.05, 3.63) is 47.0 Å². The molecule has 0 radical (unpaired) electrons. The van der Waals surface area contributed by atoms with E-state index in [1.807, 2.05) is 12.1 Å². The van der Waals surface area contributed by atoms with Crippen molar-refractivity contribution in [1.29, 1.82) is 5.26 Å². The minimum absolute atomic E-state index is 0.165. The molecule has 0 atom stereocenters. The lowest BCUT2D eigenvalue weighted by Crippen LogP contribution is -2.30. The van der Waals surface area contributed by atoms with Gasteiger partial charge in [-0.2, -0.15) is 14.0 Å². The van der Waals surface area contributed by atoms with Gasteiger partial charge < -0.3 is 4.74 Å². The second-order valence-corrected chi connectivity index (χ2v) is 10.1. The molecule has 5 nitrogen and oxygen atoms in total. The fourth-order valence-electron chi connectivity index (χ4n) is 2.93. The zero-order valence-electron chi connectivity index (χ0n) is 16.4. The van der Waals surface area contributed by atoms with E-state index < -0.39 is 3.93 Å². The molecular weight excluding hydrogens is 577 g/mol. The van der Waals surface area contributed by atoms with Crippen LogP contribution in [0.25, 0.3) is 11.1 Å². The average Bonchev–Trinajstić information content (AvgIpc) is 2.74. The summed E-state index contributed by atoms with van der Waals surface area (Å²) in [4.78, 5) is 5.23. The van der Waals surface area contributed by atoms with Crippen molar-refractivity contribution < 1.29 is 13.5 Å². The van der Waals surface area contributed by atoms with Crippen LogP contribution in [0.3, 0.4) is 0 Å². The molecule has 2 aromatic carbocycles. The van der Waals surface area contributed by atoms with Gasteiger partial charge in [0, 0.05) is 51.7 Å². The van der Waals surface area contributed by atoms with Gasteiger partial charge in [0.05, 0.1) is 23.9 Å². The fourth-order valence-corrected chi connectivity index (χ4v) is 4.91. The van der Waals surface area contributed by atoms with Crippen LogP contribution in [0, 0.1) is 11.5 Å². The van der Waals surface area contributed by atoms with Crippen LogP contribution in [0.2, 0.25) is 5.02 Å². The van der Waals surface area contributed by atoms with Crippen LogP contribution in [0.15, 0.2) is 46.3 Å². The van der Waals surface area contributed by atoms with Gasteiger partial charge in [0.25, 0.3) is 0 Å². The molecule has 0 amide bonds. The number of ether oxygens (including phenoxy) is 1. The minimum Gasteiger partial charge on any atom is -0.379 e. The van der Waals surface area contributed by atoms with Gasteiger partial charge in [-0.15, -0.1) is 0 Å². The van der Waals surface area contributed by atoms with Crippen molar-refractivity contribution in [3.8, 4) is 17.3 Å². The molecule has 11 heteroatoms. The van der Waals surface area contributed by atoms with Gasteiger partial charge in [0.1, 0.15) is 0 Å². The van der Waals surface area contributed by atoms with Crippen LogP contribution in [0.1, 0.15) is 5.56 Å². The smallest absolute Gasteiger partial charge is 0.322 e. The molecule has 1 aliphatic heterocycles. The number of nitriles is 1. The van der Waals surface area contributed by atoms with Gasteiger partial charge in [0.15, 0.2) is 11.4 Å². The topological polar surface area (TPSA) is 60.6 Å². The summed E-state index contributed by atoms with van der Waals surface area (Å²) < 4.78 is 33.4. The number of aliphatic imine (C=N–C) groups is 1. The number of amidine groups is 1. The molecule has 3 rings (SSSR count). The van der Waals surface area contributed by atoms with E-state index in [0.717, 1.165) is 40.6 Å². The van der Waals surface area contributed by atoms with E-state index in [1.165, 1.54) is 23.9 Å². The van der Waals surface area contributed by atoms with Gasteiger partial charge in [-0.05, 0) is 48.0 Å². The Bertz CT molecular complexity index is 990. The first kappa shape index (κ1) is 24.5. The van der Waals surface area contributed by atoms with Gasteiger partial charge >= 0.3 is 3.93 Å². The number of hydrogen-bond donors (Lipinski definition) is 1. The molecule has 0 unspecified atom stereocenters. The normalized spacial score (nSPS) is 15.5. The number of benzene rings is 2. The Morgan fingerprint density at radius 1 is 1.29 bits per heavy atom. The van der Waals surface area contributed by atoms with Crippen LogP contribution in [0.4, 0.5) is 14.5 Å². The molecule has 1 fully saturated rings. The van der Waals surface area contributed by atoms with E-state index in [9.17, 15) is 8.78 Å². The standard InChI is InChI=1S/C20H18ClF2IN4OS2/c1-30-19(26-12-25)27-14-10-16(20(22,23)24)18(17(21)11-14)13-2-4-15(5-3-13)31-28-6-8-29-9-7-28/h2-5,10-11H,6-9H2,1H3,(H,26,27). The molecular formula is C20H18ClF2IN4OS2. The number of nitrogens with zero attached hydrogens (tertiary/aromatic N) is 3. The van der Waals surface area contributed by atoms with Crippen molar-refractivity contribution >= 4 is 68.8 Å². The number of rotatable bonds is 5. The first-order valence-corrected chi connectivity index (χ1v) is 12.6. The SMILES string of the molecule is CSC(=Nc1cc(Cl)c(-c2ccc(SN3CCOCC3)cc2)c(C(F)(F)I)c1)NC#N. The quantitative estimate of drug-likeness (QED) is 0.0840. The maximum atomic E-state index is 14.5. The van der Waals surface area contributed by atoms with Crippen LogP contribution in [0.5, 0.6) is 0 Å². The molecule has 0 aromatic heterocycles. The zero-order valence-corrected chi connectivity index (χ0v) is 20.9. The molecule has 0 bridgehead atoms. The highest BCUT2D eigenvalue weighted by Gasteiger charge is 2.32. The zero-order chi connectivity index (χ0) is 22.4. The second kappa shape index (κ2) is 11.2. The molecule has 0 spiro atoms. The molecule has 1 heterocycles. The number of thioether (sulfide) groups is 1. The monoisotopic (exact) mass is 594 g/mol. The number of halogens is 4. The maximum absolute atomic E-state index is 14.5. The highest BCUT2D eigenvalue weighted by Crippen LogP contribution is 2.46. The van der Waals surface area contributed by atoms with Gasteiger partial charge in [-0.25, -0.2) is 9.30 Å². The Hall–Kier alpha value is -1.10. The lowest BCUT2D eigenvalue weighted by atomic mass is 9.99. The Kier molecular flexibility index (Phi) is 8.83. The van der Waals surface area contributed by atoms with Crippen LogP contribution >= 0.6 is 57.9 Å². The Morgan fingerprint density at radius 3 is 2.55 bits per heavy atom. The van der Waals surface area contributed by atoms with E-state index in [1.54, 1.807) is 36.5 Å². The fraction of sp³-hybridized carbons (Fsp3) is 0.300. The van der Waals surface area contributed by atoms with Gasteiger partial charge in [-0.3, -0.25) is 5.32 Å². The summed E-state index contributed by atoms with van der Waals surface area (Å²) in [5.41, 5.74) is 0.873. The van der Waals surface area contributed by atoms with Crippen molar-refractivity contribution in [2.75, 3.05) is 32.6 Å². The third-order valence-electron chi connectivity index (χ3n) is 4.31. The first-order chi connectivity index (χ1) is 14.8. The van der Waals surface area contributed by atoms with E-state index in [-0.39, 0.29) is 21.8 Å². The summed E-state index contributed by atoms with van der Waals surface area (Å²) in [5.74, 6) is 0. The summed E-state index contributed by atoms with van der Waals surface area (Å²) in [7, 11) is 0. The predicted molar refractivity (Wildman–Crippen MR) is 132 cm³/mol. The van der Waals surface area contributed by atoms with E-state index >= 15 is 0 Å². The molecule has 0 aliphatic carbocycles. The van der Waals surface area contributed by atoms with Crippen molar-refractivity contribution in [2.45, 2.75) is 8.82 Å². The molecule has 1 aliphatic rings. The number of alkyl halides is 3. The number of hydrogen-bond acceptors (Lipinski definition) is 6. The lowest BCUT2D eigenvalue weighted by molar-refractivity contribution is 0.0773. The number of nitrogens with one attached hydrogen (secondary N) is 1. The molecule has 1 saturated heterocycles. The Morgan fingerprint density at radius 2 is 1.97 bits per heavy atom. The summed E-state index contributed by atoms with van der Waals surface area (Å²) in [6.07, 6.45) is 3.50.